The molecular weight excluding hydrogens is 256 g/mol. The van der Waals surface area contributed by atoms with Gasteiger partial charge in [-0.1, -0.05) is 18.2 Å². The Balaban J connectivity index is 2.51. The maximum absolute atomic E-state index is 11.6. The van der Waals surface area contributed by atoms with E-state index in [9.17, 15) is 9.59 Å². The summed E-state index contributed by atoms with van der Waals surface area (Å²) in [4.78, 5) is 24.6. The molecular formula is C15H22N2O3. The summed E-state index contributed by atoms with van der Waals surface area (Å²) in [5.74, 6) is -0.935. The molecule has 0 spiro atoms. The van der Waals surface area contributed by atoms with E-state index in [0.29, 0.717) is 25.1 Å². The minimum Gasteiger partial charge on any atom is -0.478 e. The van der Waals surface area contributed by atoms with Crippen molar-refractivity contribution in [2.45, 2.75) is 26.3 Å². The number of nitrogens with zero attached hydrogens (tertiary/aromatic N) is 1. The predicted molar refractivity (Wildman–Crippen MR) is 77.9 cm³/mol. The monoisotopic (exact) mass is 278 g/mol. The fraction of sp³-hybridized carbons (Fsp3) is 0.467. The van der Waals surface area contributed by atoms with Gasteiger partial charge in [-0.3, -0.25) is 9.69 Å². The first-order valence-corrected chi connectivity index (χ1v) is 6.69. The fourth-order valence-corrected chi connectivity index (χ4v) is 1.95. The largest absolute Gasteiger partial charge is 0.478 e. The first kappa shape index (κ1) is 16.2. The molecule has 0 aliphatic heterocycles. The third-order valence-electron chi connectivity index (χ3n) is 2.87. The third kappa shape index (κ3) is 5.40. The van der Waals surface area contributed by atoms with Crippen LogP contribution in [0.1, 0.15) is 29.8 Å². The molecule has 0 saturated carbocycles. The van der Waals surface area contributed by atoms with E-state index in [-0.39, 0.29) is 11.9 Å². The molecule has 5 nitrogen and oxygen atoms in total. The number of carbonyl (C=O) groups is 2. The second-order valence-corrected chi connectivity index (χ2v) is 5.17. The summed E-state index contributed by atoms with van der Waals surface area (Å²) in [6.45, 7) is 4.78. The van der Waals surface area contributed by atoms with Crippen molar-refractivity contribution in [1.29, 1.82) is 0 Å². The number of hydrogen-bond donors (Lipinski definition) is 2. The SMILES string of the molecule is CC(C)NC(=O)CN(C)CCc1ccccc1C(=O)O. The van der Waals surface area contributed by atoms with Crippen LogP contribution in [0.5, 0.6) is 0 Å². The Morgan fingerprint density at radius 2 is 1.95 bits per heavy atom. The molecule has 1 aromatic carbocycles. The molecule has 0 aromatic heterocycles. The zero-order chi connectivity index (χ0) is 15.1. The number of amides is 1. The fourth-order valence-electron chi connectivity index (χ4n) is 1.95. The number of carbonyl (C=O) groups excluding carboxylic acids is 1. The summed E-state index contributed by atoms with van der Waals surface area (Å²) in [5.41, 5.74) is 1.11. The van der Waals surface area contributed by atoms with Gasteiger partial charge >= 0.3 is 5.97 Å². The standard InChI is InChI=1S/C15H22N2O3/c1-11(2)16-14(18)10-17(3)9-8-12-6-4-5-7-13(12)15(19)20/h4-7,11H,8-10H2,1-3H3,(H,16,18)(H,19,20). The number of benzene rings is 1. The zero-order valence-electron chi connectivity index (χ0n) is 12.2. The van der Waals surface area contributed by atoms with E-state index in [4.69, 9.17) is 5.11 Å². The normalized spacial score (nSPS) is 10.8. The lowest BCUT2D eigenvalue weighted by molar-refractivity contribution is -0.122. The number of rotatable bonds is 7. The first-order valence-electron chi connectivity index (χ1n) is 6.69. The van der Waals surface area contributed by atoms with Crippen LogP contribution in [-0.2, 0) is 11.2 Å². The quantitative estimate of drug-likeness (QED) is 0.790. The lowest BCUT2D eigenvalue weighted by atomic mass is 10.0. The van der Waals surface area contributed by atoms with Crippen LogP contribution in [-0.4, -0.2) is 48.1 Å². The highest BCUT2D eigenvalue weighted by atomic mass is 16.4. The molecule has 1 aromatic rings. The minimum absolute atomic E-state index is 0.0194. The molecule has 1 amide bonds. The van der Waals surface area contributed by atoms with Crippen LogP contribution in [0, 0.1) is 0 Å². The van der Waals surface area contributed by atoms with Gasteiger partial charge < -0.3 is 10.4 Å². The van der Waals surface area contributed by atoms with E-state index in [1.165, 1.54) is 0 Å². The van der Waals surface area contributed by atoms with Crippen molar-refractivity contribution in [1.82, 2.24) is 10.2 Å². The van der Waals surface area contributed by atoms with Crippen LogP contribution >= 0.6 is 0 Å². The molecule has 110 valence electrons. The molecule has 20 heavy (non-hydrogen) atoms. The van der Waals surface area contributed by atoms with Crippen molar-refractivity contribution in [2.24, 2.45) is 0 Å². The summed E-state index contributed by atoms with van der Waals surface area (Å²) in [7, 11) is 1.85. The van der Waals surface area contributed by atoms with Crippen LogP contribution in [0.4, 0.5) is 0 Å². The van der Waals surface area contributed by atoms with Crippen molar-refractivity contribution in [3.8, 4) is 0 Å². The van der Waals surface area contributed by atoms with E-state index in [0.717, 1.165) is 5.56 Å². The summed E-state index contributed by atoms with van der Waals surface area (Å²) >= 11 is 0. The van der Waals surface area contributed by atoms with Gasteiger partial charge in [0.2, 0.25) is 5.91 Å². The number of likely N-dealkylation sites (N-methyl/N-ethyl adjacent to an activating group) is 1. The predicted octanol–water partition coefficient (Wildman–Crippen LogP) is 1.38. The number of hydrogen-bond acceptors (Lipinski definition) is 3. The third-order valence-corrected chi connectivity index (χ3v) is 2.87. The van der Waals surface area contributed by atoms with Crippen molar-refractivity contribution in [2.75, 3.05) is 20.1 Å². The Morgan fingerprint density at radius 3 is 2.55 bits per heavy atom. The van der Waals surface area contributed by atoms with E-state index in [2.05, 4.69) is 5.32 Å². The summed E-state index contributed by atoms with van der Waals surface area (Å²) in [5, 5.41) is 11.9. The van der Waals surface area contributed by atoms with Gasteiger partial charge in [-0.2, -0.15) is 0 Å². The Labute approximate surface area is 119 Å². The van der Waals surface area contributed by atoms with Crippen LogP contribution in [0.25, 0.3) is 0 Å². The van der Waals surface area contributed by atoms with E-state index >= 15 is 0 Å². The molecule has 0 bridgehead atoms. The minimum atomic E-state index is -0.916. The van der Waals surface area contributed by atoms with Gasteiger partial charge in [0.05, 0.1) is 12.1 Å². The molecule has 0 atom stereocenters. The second kappa shape index (κ2) is 7.65. The Morgan fingerprint density at radius 1 is 1.30 bits per heavy atom. The summed E-state index contributed by atoms with van der Waals surface area (Å²) < 4.78 is 0. The van der Waals surface area contributed by atoms with Gasteiger partial charge in [-0.25, -0.2) is 4.79 Å². The van der Waals surface area contributed by atoms with Crippen LogP contribution in [0.2, 0.25) is 0 Å². The molecule has 5 heteroatoms. The molecule has 0 heterocycles. The lowest BCUT2D eigenvalue weighted by Crippen LogP contribution is -2.39. The van der Waals surface area contributed by atoms with Gasteiger partial charge in [0, 0.05) is 12.6 Å². The van der Waals surface area contributed by atoms with Crippen molar-refractivity contribution in [3.63, 3.8) is 0 Å². The number of carboxylic acids is 1. The summed E-state index contributed by atoms with van der Waals surface area (Å²) in [6, 6.07) is 7.08. The van der Waals surface area contributed by atoms with Crippen LogP contribution in [0.15, 0.2) is 24.3 Å². The smallest absolute Gasteiger partial charge is 0.335 e. The number of carboxylic acid groups (broad SMARTS) is 1. The van der Waals surface area contributed by atoms with E-state index in [1.807, 2.05) is 37.9 Å². The van der Waals surface area contributed by atoms with Crippen LogP contribution in [0.3, 0.4) is 0 Å². The molecule has 0 saturated heterocycles. The molecule has 0 fully saturated rings. The second-order valence-electron chi connectivity index (χ2n) is 5.17. The Bertz CT molecular complexity index is 472. The molecule has 0 aliphatic carbocycles. The van der Waals surface area contributed by atoms with Crippen molar-refractivity contribution >= 4 is 11.9 Å². The first-order chi connectivity index (χ1) is 9.40. The maximum atomic E-state index is 11.6. The van der Waals surface area contributed by atoms with E-state index < -0.39 is 5.97 Å². The van der Waals surface area contributed by atoms with Gasteiger partial charge in [-0.05, 0) is 38.9 Å². The Kier molecular flexibility index (Phi) is 6.18. The topological polar surface area (TPSA) is 69.6 Å². The molecule has 0 radical (unpaired) electrons. The number of aromatic carboxylic acids is 1. The van der Waals surface area contributed by atoms with Crippen LogP contribution < -0.4 is 5.32 Å². The maximum Gasteiger partial charge on any atom is 0.335 e. The zero-order valence-corrected chi connectivity index (χ0v) is 12.2. The van der Waals surface area contributed by atoms with Gasteiger partial charge in [-0.15, -0.1) is 0 Å². The van der Waals surface area contributed by atoms with Crippen molar-refractivity contribution < 1.29 is 14.7 Å². The average Bonchev–Trinajstić information content (AvgIpc) is 2.35. The lowest BCUT2D eigenvalue weighted by Gasteiger charge is -2.17. The van der Waals surface area contributed by atoms with Gasteiger partial charge in [0.1, 0.15) is 0 Å². The summed E-state index contributed by atoms with van der Waals surface area (Å²) in [6.07, 6.45) is 0.605. The highest BCUT2D eigenvalue weighted by Crippen LogP contribution is 2.09. The van der Waals surface area contributed by atoms with Crippen molar-refractivity contribution in [3.05, 3.63) is 35.4 Å². The van der Waals surface area contributed by atoms with E-state index in [1.54, 1.807) is 12.1 Å². The number of nitrogens with one attached hydrogen (secondary N) is 1. The molecule has 2 N–H and O–H groups in total. The Hall–Kier alpha value is -1.88. The molecule has 1 rings (SSSR count). The molecule has 0 aliphatic rings. The molecule has 0 unspecified atom stereocenters. The highest BCUT2D eigenvalue weighted by molar-refractivity contribution is 5.89. The van der Waals surface area contributed by atoms with Gasteiger partial charge in [0.15, 0.2) is 0 Å². The van der Waals surface area contributed by atoms with Gasteiger partial charge in [0.25, 0.3) is 0 Å². The average molecular weight is 278 g/mol. The highest BCUT2D eigenvalue weighted by Gasteiger charge is 2.11.